The van der Waals surface area contributed by atoms with E-state index < -0.39 is 48.6 Å². The van der Waals surface area contributed by atoms with E-state index in [1.54, 1.807) is 0 Å². The fourth-order valence-electron chi connectivity index (χ4n) is 17.4. The van der Waals surface area contributed by atoms with Crippen LogP contribution in [0.4, 0.5) is 0 Å². The third-order valence-electron chi connectivity index (χ3n) is 23.3. The topological polar surface area (TPSA) is 253 Å². The molecule has 0 heterocycles. The van der Waals surface area contributed by atoms with Crippen LogP contribution in [-0.4, -0.2) is 70.5 Å². The van der Waals surface area contributed by atoms with Crippen LogP contribution in [0, 0.1) is 82.9 Å². The van der Waals surface area contributed by atoms with Gasteiger partial charge in [-0.15, -0.1) is 0 Å². The van der Waals surface area contributed by atoms with Gasteiger partial charge in [0.05, 0.1) is 24.7 Å². The zero-order valence-electron chi connectivity index (χ0n) is 67.7. The minimum atomic E-state index is -1.76. The maximum atomic E-state index is 10.6. The van der Waals surface area contributed by atoms with Gasteiger partial charge in [-0.2, -0.15) is 0 Å². The number of nitrogens with two attached hydrogens (primary N) is 4. The summed E-state index contributed by atoms with van der Waals surface area (Å²) in [4.78, 5) is 41.9. The second-order valence-electron chi connectivity index (χ2n) is 34.8. The number of carboxylic acid groups (broad SMARTS) is 4. The van der Waals surface area contributed by atoms with Gasteiger partial charge in [0.15, 0.2) is 0 Å². The van der Waals surface area contributed by atoms with Crippen molar-refractivity contribution in [1.82, 2.24) is 0 Å². The number of aliphatic carboxylic acids is 4. The second kappa shape index (κ2) is 68.5. The molecule has 0 aromatic heterocycles. The van der Waals surface area contributed by atoms with Crippen molar-refractivity contribution < 1.29 is 39.6 Å². The van der Waals surface area contributed by atoms with E-state index in [0.717, 1.165) is 97.2 Å². The van der Waals surface area contributed by atoms with Crippen molar-refractivity contribution in [2.24, 2.45) is 106 Å². The van der Waals surface area contributed by atoms with E-state index >= 15 is 0 Å². The van der Waals surface area contributed by atoms with Gasteiger partial charge in [0.1, 0.15) is 0 Å². The van der Waals surface area contributed by atoms with Gasteiger partial charge in [0.2, 0.25) is 0 Å². The Morgan fingerprint density at radius 2 is 0.380 bits per heavy atom. The first kappa shape index (κ1) is 97.7. The van der Waals surface area contributed by atoms with Crippen molar-refractivity contribution in [3.05, 3.63) is 0 Å². The SMILES string of the molecule is CC(C)CC1CCC(CCCCCCCCCCN)CC1.CC(C)CC1CCC(CCCCCCCCCCN)CC1.CC(C)CC1CCC(CCCCCCCCCCN)CC1.CC(C)CC1CCC(CCCCCCCCCCN)CC1.O=C(O)CC(C(=O)O)C(CC(=O)O)C(=O)O. The predicted octanol–water partition coefficient (Wildman–Crippen LogP) is 24.6. The van der Waals surface area contributed by atoms with Crippen LogP contribution in [0.25, 0.3) is 0 Å². The predicted molar refractivity (Wildman–Crippen MR) is 429 cm³/mol. The number of unbranched alkanes of at least 4 members (excludes halogenated alkanes) is 28. The Morgan fingerprint density at radius 3 is 0.510 bits per heavy atom. The molecule has 0 bridgehead atoms. The van der Waals surface area contributed by atoms with Crippen molar-refractivity contribution in [3.63, 3.8) is 0 Å². The standard InChI is InChI=1S/4C20H41N.C8H10O8/c4*1-18(2)17-20-14-12-19(13-15-20)11-9-7-5-3-4-6-8-10-16-21;9-5(10)1-3(7(13)14)4(8(15)16)2-6(11)12/h4*18-20H,3-17,21H2,1-2H3;3-4H,1-2H2,(H,9,10)(H,11,12)(H,13,14)(H,15,16). The van der Waals surface area contributed by atoms with Crippen LogP contribution in [0.15, 0.2) is 0 Å². The monoisotopic (exact) mass is 1420 g/mol. The van der Waals surface area contributed by atoms with Gasteiger partial charge in [0.25, 0.3) is 0 Å². The second-order valence-corrected chi connectivity index (χ2v) is 34.8. The highest BCUT2D eigenvalue weighted by Crippen LogP contribution is 2.39. The minimum absolute atomic E-state index is 0.874. The summed E-state index contributed by atoms with van der Waals surface area (Å²) in [7, 11) is 0. The fraction of sp³-hybridized carbons (Fsp3) is 0.955. The molecule has 4 saturated carbocycles. The van der Waals surface area contributed by atoms with Crippen LogP contribution in [-0.2, 0) is 19.2 Å². The van der Waals surface area contributed by atoms with E-state index in [2.05, 4.69) is 55.4 Å². The van der Waals surface area contributed by atoms with Crippen molar-refractivity contribution in [3.8, 4) is 0 Å². The van der Waals surface area contributed by atoms with Crippen molar-refractivity contribution in [2.75, 3.05) is 26.2 Å². The van der Waals surface area contributed by atoms with Gasteiger partial charge >= 0.3 is 23.9 Å². The molecule has 0 radical (unpaired) electrons. The van der Waals surface area contributed by atoms with Crippen LogP contribution in [0.1, 0.15) is 428 Å². The third-order valence-corrected chi connectivity index (χ3v) is 23.3. The molecule has 12 N–H and O–H groups in total. The Bertz CT molecular complexity index is 1580. The molecule has 2 atom stereocenters. The van der Waals surface area contributed by atoms with E-state index in [-0.39, 0.29) is 0 Å². The van der Waals surface area contributed by atoms with E-state index in [1.165, 1.54) is 360 Å². The summed E-state index contributed by atoms with van der Waals surface area (Å²) in [6.45, 7) is 22.5. The van der Waals surface area contributed by atoms with Gasteiger partial charge in [0, 0.05) is 0 Å². The Kier molecular flexibility index (Phi) is 67.0. The molecule has 0 saturated heterocycles. The molecule has 0 amide bonds. The zero-order valence-corrected chi connectivity index (χ0v) is 67.7. The smallest absolute Gasteiger partial charge is 0.307 e. The lowest BCUT2D eigenvalue weighted by Gasteiger charge is -2.29. The van der Waals surface area contributed by atoms with Crippen LogP contribution < -0.4 is 22.9 Å². The molecule has 4 aliphatic rings. The molecule has 0 aromatic rings. The van der Waals surface area contributed by atoms with E-state index in [1.807, 2.05) is 0 Å². The van der Waals surface area contributed by atoms with Crippen LogP contribution in [0.3, 0.4) is 0 Å². The van der Waals surface area contributed by atoms with Gasteiger partial charge < -0.3 is 43.4 Å². The number of carbonyl (C=O) groups is 4. The van der Waals surface area contributed by atoms with Crippen molar-refractivity contribution >= 4 is 23.9 Å². The molecule has 4 fully saturated rings. The lowest BCUT2D eigenvalue weighted by atomic mass is 9.77. The highest BCUT2D eigenvalue weighted by molar-refractivity contribution is 5.86. The molecular formula is C88H174N4O8. The Morgan fingerprint density at radius 1 is 0.240 bits per heavy atom. The maximum Gasteiger partial charge on any atom is 0.307 e. The lowest BCUT2D eigenvalue weighted by Crippen LogP contribution is -2.33. The van der Waals surface area contributed by atoms with Crippen molar-refractivity contribution in [1.29, 1.82) is 0 Å². The average Bonchev–Trinajstić information content (AvgIpc) is 0.882. The quantitative estimate of drug-likeness (QED) is 0.0265. The molecule has 594 valence electrons. The molecule has 0 spiro atoms. The Hall–Kier alpha value is -2.28. The average molecular weight is 1420 g/mol. The normalized spacial score (nSPS) is 21.4. The van der Waals surface area contributed by atoms with Crippen LogP contribution in [0.5, 0.6) is 0 Å². The number of carboxylic acids is 4. The summed E-state index contributed by atoms with van der Waals surface area (Å²) >= 11 is 0. The molecule has 4 aliphatic carbocycles. The lowest BCUT2D eigenvalue weighted by molar-refractivity contribution is -0.160. The Balaban J connectivity index is 0.00000123. The molecule has 0 aliphatic heterocycles. The fourth-order valence-corrected chi connectivity index (χ4v) is 17.4. The molecule has 4 rings (SSSR count). The summed E-state index contributed by atoms with van der Waals surface area (Å²) in [6, 6.07) is 0. The summed E-state index contributed by atoms with van der Waals surface area (Å²) in [6.07, 6.45) is 79.5. The van der Waals surface area contributed by atoms with Crippen LogP contribution >= 0.6 is 0 Å². The molecular weight excluding hydrogens is 1240 g/mol. The first-order valence-electron chi connectivity index (χ1n) is 43.8. The third kappa shape index (κ3) is 62.0. The summed E-state index contributed by atoms with van der Waals surface area (Å²) in [5.41, 5.74) is 22.0. The van der Waals surface area contributed by atoms with Gasteiger partial charge in [-0.25, -0.2) is 0 Å². The minimum Gasteiger partial charge on any atom is -0.481 e. The molecule has 12 heteroatoms. The van der Waals surface area contributed by atoms with Crippen molar-refractivity contribution in [2.45, 2.75) is 428 Å². The summed E-state index contributed by atoms with van der Waals surface area (Å²) in [5.74, 6) is 2.28. The molecule has 12 nitrogen and oxygen atoms in total. The highest BCUT2D eigenvalue weighted by atomic mass is 16.4. The zero-order chi connectivity index (χ0) is 74.2. The van der Waals surface area contributed by atoms with E-state index in [9.17, 15) is 19.2 Å². The summed E-state index contributed by atoms with van der Waals surface area (Å²) < 4.78 is 0. The first-order valence-corrected chi connectivity index (χ1v) is 43.8. The first-order chi connectivity index (χ1) is 48.1. The van der Waals surface area contributed by atoms with Gasteiger partial charge in [-0.1, -0.05) is 364 Å². The molecule has 100 heavy (non-hydrogen) atoms. The molecule has 0 aromatic carbocycles. The van der Waals surface area contributed by atoms with Gasteiger partial charge in [-0.3, -0.25) is 19.2 Å². The molecule has 2 unspecified atom stereocenters. The Labute approximate surface area is 620 Å². The number of hydrogen-bond acceptors (Lipinski definition) is 8. The van der Waals surface area contributed by atoms with Crippen LogP contribution in [0.2, 0.25) is 0 Å². The highest BCUT2D eigenvalue weighted by Gasteiger charge is 2.37. The summed E-state index contributed by atoms with van der Waals surface area (Å²) in [5, 5.41) is 34.1. The maximum absolute atomic E-state index is 10.6. The van der Waals surface area contributed by atoms with Gasteiger partial charge in [-0.05, 0) is 149 Å². The largest absolute Gasteiger partial charge is 0.481 e. The number of hydrogen-bond donors (Lipinski definition) is 8. The van der Waals surface area contributed by atoms with E-state index in [0.29, 0.717) is 0 Å². The number of rotatable bonds is 55. The van der Waals surface area contributed by atoms with E-state index in [4.69, 9.17) is 43.4 Å².